The molecule has 2 aromatic carbocycles. The summed E-state index contributed by atoms with van der Waals surface area (Å²) in [6.07, 6.45) is 0. The summed E-state index contributed by atoms with van der Waals surface area (Å²) in [5.41, 5.74) is 2.74. The van der Waals surface area contributed by atoms with Gasteiger partial charge in [0.25, 0.3) is 5.91 Å². The highest BCUT2D eigenvalue weighted by atomic mass is 16.5. The minimum absolute atomic E-state index is 0.0309. The molecule has 0 radical (unpaired) electrons. The molecule has 0 saturated heterocycles. The van der Waals surface area contributed by atoms with E-state index in [2.05, 4.69) is 17.4 Å². The third-order valence-electron chi connectivity index (χ3n) is 3.47. The summed E-state index contributed by atoms with van der Waals surface area (Å²) in [5.74, 6) is 0.423. The summed E-state index contributed by atoms with van der Waals surface area (Å²) >= 11 is 0. The second-order valence-electron chi connectivity index (χ2n) is 4.95. The number of carbonyl (C=O) groups excluding carboxylic acids is 1. The highest BCUT2D eigenvalue weighted by Crippen LogP contribution is 2.34. The molecule has 5 nitrogen and oxygen atoms in total. The van der Waals surface area contributed by atoms with E-state index in [0.717, 1.165) is 5.69 Å². The highest BCUT2D eigenvalue weighted by Gasteiger charge is 2.25. The van der Waals surface area contributed by atoms with Gasteiger partial charge in [0.05, 0.1) is 11.8 Å². The number of nitriles is 1. The van der Waals surface area contributed by atoms with Crippen LogP contribution < -0.4 is 15.0 Å². The first-order valence-corrected chi connectivity index (χ1v) is 7.00. The summed E-state index contributed by atoms with van der Waals surface area (Å²) < 4.78 is 5.46. The molecule has 0 aliphatic carbocycles. The maximum Gasteiger partial charge on any atom is 0.265 e. The molecule has 1 amide bonds. The van der Waals surface area contributed by atoms with Crippen LogP contribution in [-0.2, 0) is 11.3 Å². The third kappa shape index (κ3) is 2.86. The molecule has 0 unspecified atom stereocenters. The summed E-state index contributed by atoms with van der Waals surface area (Å²) in [5, 5.41) is 12.2. The molecular formula is C17H15N3O2. The van der Waals surface area contributed by atoms with Crippen molar-refractivity contribution in [1.29, 1.82) is 5.26 Å². The molecule has 1 aliphatic rings. The third-order valence-corrected chi connectivity index (χ3v) is 3.47. The van der Waals surface area contributed by atoms with E-state index >= 15 is 0 Å². The average molecular weight is 293 g/mol. The first-order valence-electron chi connectivity index (χ1n) is 7.00. The molecule has 1 N–H and O–H groups in total. The van der Waals surface area contributed by atoms with Crippen molar-refractivity contribution < 1.29 is 9.53 Å². The summed E-state index contributed by atoms with van der Waals surface area (Å²) in [6, 6.07) is 17.6. The molecule has 110 valence electrons. The number of rotatable bonds is 4. The fourth-order valence-corrected chi connectivity index (χ4v) is 2.36. The molecule has 0 fully saturated rings. The number of fused-ring (bicyclic) bond motifs is 1. The van der Waals surface area contributed by atoms with E-state index in [4.69, 9.17) is 10.00 Å². The van der Waals surface area contributed by atoms with Crippen LogP contribution >= 0.6 is 0 Å². The quantitative estimate of drug-likeness (QED) is 0.880. The Morgan fingerprint density at radius 2 is 2.05 bits per heavy atom. The van der Waals surface area contributed by atoms with E-state index in [1.54, 1.807) is 6.07 Å². The fraction of sp³-hybridized carbons (Fsp3) is 0.176. The van der Waals surface area contributed by atoms with E-state index in [9.17, 15) is 4.79 Å². The molecule has 2 aromatic rings. The Morgan fingerprint density at radius 1 is 1.23 bits per heavy atom. The number of hydrogen-bond donors (Lipinski definition) is 1. The SMILES string of the molecule is N#CCN1C(=O)COc2cc(NCc3ccccc3)ccc21. The molecule has 1 aliphatic heterocycles. The van der Waals surface area contributed by atoms with E-state index in [0.29, 0.717) is 18.0 Å². The van der Waals surface area contributed by atoms with Crippen LogP contribution in [-0.4, -0.2) is 19.1 Å². The molecule has 0 atom stereocenters. The lowest BCUT2D eigenvalue weighted by molar-refractivity contribution is -0.121. The lowest BCUT2D eigenvalue weighted by Crippen LogP contribution is -2.38. The van der Waals surface area contributed by atoms with Gasteiger partial charge in [-0.25, -0.2) is 0 Å². The van der Waals surface area contributed by atoms with Crippen molar-refractivity contribution in [3.8, 4) is 11.8 Å². The van der Waals surface area contributed by atoms with Crippen LogP contribution in [0.5, 0.6) is 5.75 Å². The number of carbonyl (C=O) groups is 1. The molecule has 0 spiro atoms. The maximum atomic E-state index is 11.8. The smallest absolute Gasteiger partial charge is 0.265 e. The standard InChI is InChI=1S/C17H15N3O2/c18-8-9-20-15-7-6-14(10-16(15)22-12-17(20)21)19-11-13-4-2-1-3-5-13/h1-7,10,19H,9,11-12H2. The largest absolute Gasteiger partial charge is 0.481 e. The molecular weight excluding hydrogens is 278 g/mol. The van der Waals surface area contributed by atoms with Crippen LogP contribution in [0.3, 0.4) is 0 Å². The van der Waals surface area contributed by atoms with Crippen molar-refractivity contribution in [1.82, 2.24) is 0 Å². The van der Waals surface area contributed by atoms with E-state index in [1.165, 1.54) is 10.5 Å². The van der Waals surface area contributed by atoms with Gasteiger partial charge in [-0.05, 0) is 17.7 Å². The number of amides is 1. The zero-order chi connectivity index (χ0) is 15.4. The van der Waals surface area contributed by atoms with Gasteiger partial charge in [-0.15, -0.1) is 0 Å². The Morgan fingerprint density at radius 3 is 2.82 bits per heavy atom. The first-order chi connectivity index (χ1) is 10.8. The highest BCUT2D eigenvalue weighted by molar-refractivity contribution is 5.98. The van der Waals surface area contributed by atoms with E-state index in [-0.39, 0.29) is 19.1 Å². The van der Waals surface area contributed by atoms with Crippen LogP contribution in [0.2, 0.25) is 0 Å². The van der Waals surface area contributed by atoms with Crippen LogP contribution in [0.15, 0.2) is 48.5 Å². The molecule has 22 heavy (non-hydrogen) atoms. The zero-order valence-corrected chi connectivity index (χ0v) is 12.0. The lowest BCUT2D eigenvalue weighted by atomic mass is 10.2. The summed E-state index contributed by atoms with van der Waals surface area (Å²) in [7, 11) is 0. The molecule has 0 saturated carbocycles. The van der Waals surface area contributed by atoms with E-state index in [1.807, 2.05) is 36.4 Å². The fourth-order valence-electron chi connectivity index (χ4n) is 2.36. The van der Waals surface area contributed by atoms with Crippen molar-refractivity contribution >= 4 is 17.3 Å². The van der Waals surface area contributed by atoms with Crippen molar-refractivity contribution in [2.45, 2.75) is 6.54 Å². The predicted molar refractivity (Wildman–Crippen MR) is 83.7 cm³/mol. The van der Waals surface area contributed by atoms with Crippen molar-refractivity contribution in [2.24, 2.45) is 0 Å². The number of nitrogens with zero attached hydrogens (tertiary/aromatic N) is 2. The molecule has 3 rings (SSSR count). The number of ether oxygens (including phenoxy) is 1. The van der Waals surface area contributed by atoms with Crippen LogP contribution in [0.4, 0.5) is 11.4 Å². The number of benzene rings is 2. The predicted octanol–water partition coefficient (Wildman–Crippen LogP) is 2.55. The maximum absolute atomic E-state index is 11.8. The topological polar surface area (TPSA) is 65.4 Å². The summed E-state index contributed by atoms with van der Waals surface area (Å²) in [6.45, 7) is 0.712. The monoisotopic (exact) mass is 293 g/mol. The molecule has 1 heterocycles. The second kappa shape index (κ2) is 6.19. The Labute approximate surface area is 128 Å². The van der Waals surface area contributed by atoms with Crippen molar-refractivity contribution in [3.63, 3.8) is 0 Å². The van der Waals surface area contributed by atoms with Gasteiger partial charge >= 0.3 is 0 Å². The van der Waals surface area contributed by atoms with Gasteiger partial charge in [0.15, 0.2) is 6.61 Å². The Kier molecular flexibility index (Phi) is 3.92. The van der Waals surface area contributed by atoms with Gasteiger partial charge in [0.2, 0.25) is 0 Å². The first kappa shape index (κ1) is 14.0. The molecule has 0 aromatic heterocycles. The minimum Gasteiger partial charge on any atom is -0.481 e. The van der Waals surface area contributed by atoms with Gasteiger partial charge in [0.1, 0.15) is 12.3 Å². The molecule has 5 heteroatoms. The van der Waals surface area contributed by atoms with Gasteiger partial charge in [0, 0.05) is 18.3 Å². The second-order valence-corrected chi connectivity index (χ2v) is 4.95. The average Bonchev–Trinajstić information content (AvgIpc) is 2.56. The van der Waals surface area contributed by atoms with Crippen LogP contribution in [0, 0.1) is 11.3 Å². The van der Waals surface area contributed by atoms with Crippen molar-refractivity contribution in [3.05, 3.63) is 54.1 Å². The summed E-state index contributed by atoms with van der Waals surface area (Å²) in [4.78, 5) is 13.2. The van der Waals surface area contributed by atoms with Gasteiger partial charge < -0.3 is 10.1 Å². The number of hydrogen-bond acceptors (Lipinski definition) is 4. The normalized spacial score (nSPS) is 13.0. The van der Waals surface area contributed by atoms with E-state index < -0.39 is 0 Å². The van der Waals surface area contributed by atoms with Crippen LogP contribution in [0.1, 0.15) is 5.56 Å². The Hall–Kier alpha value is -3.00. The van der Waals surface area contributed by atoms with Gasteiger partial charge in [-0.3, -0.25) is 9.69 Å². The number of anilines is 2. The van der Waals surface area contributed by atoms with Gasteiger partial charge in [-0.1, -0.05) is 30.3 Å². The Balaban J connectivity index is 1.76. The lowest BCUT2D eigenvalue weighted by Gasteiger charge is -2.27. The van der Waals surface area contributed by atoms with Gasteiger partial charge in [-0.2, -0.15) is 5.26 Å². The Bertz CT molecular complexity index is 722. The van der Waals surface area contributed by atoms with Crippen molar-refractivity contribution in [2.75, 3.05) is 23.4 Å². The van der Waals surface area contributed by atoms with Crippen LogP contribution in [0.25, 0.3) is 0 Å². The minimum atomic E-state index is -0.195. The molecule has 0 bridgehead atoms. The zero-order valence-electron chi connectivity index (χ0n) is 12.0. The number of nitrogens with one attached hydrogen (secondary N) is 1.